The summed E-state index contributed by atoms with van der Waals surface area (Å²) in [6, 6.07) is 69.6. The molecule has 0 amide bonds. The lowest BCUT2D eigenvalue weighted by molar-refractivity contribution is 0.667. The maximum Gasteiger partial charge on any atom is 0.235 e. The van der Waals surface area contributed by atoms with Crippen LogP contribution >= 0.6 is 0 Å². The van der Waals surface area contributed by atoms with Crippen molar-refractivity contribution in [3.63, 3.8) is 0 Å². The number of hydrogen-bond donors (Lipinski definition) is 0. The maximum atomic E-state index is 6.20. The molecule has 0 saturated carbocycles. The summed E-state index contributed by atoms with van der Waals surface area (Å²) in [6.07, 6.45) is 0. The van der Waals surface area contributed by atoms with E-state index < -0.39 is 0 Å². The summed E-state index contributed by atoms with van der Waals surface area (Å²) in [4.78, 5) is 11.2. The Morgan fingerprint density at radius 2 is 1.09 bits per heavy atom. The van der Waals surface area contributed by atoms with Gasteiger partial charge >= 0.3 is 0 Å². The Kier molecular flexibility index (Phi) is 7.11. The summed E-state index contributed by atoms with van der Waals surface area (Å²) < 4.78 is 11.1. The normalized spacial score (nSPS) is 13.3. The third-order valence-corrected chi connectivity index (χ3v) is 13.9. The number of para-hydroxylation sites is 5. The van der Waals surface area contributed by atoms with Gasteiger partial charge in [0.2, 0.25) is 5.95 Å². The van der Waals surface area contributed by atoms with E-state index >= 15 is 0 Å². The number of fused-ring (bicyclic) bond motifs is 16. The molecule has 0 unspecified atom stereocenters. The van der Waals surface area contributed by atoms with Gasteiger partial charge in [0, 0.05) is 59.9 Å². The highest BCUT2D eigenvalue weighted by molar-refractivity contribution is 6.31. The lowest BCUT2D eigenvalue weighted by Crippen LogP contribution is -2.15. The van der Waals surface area contributed by atoms with E-state index in [0.29, 0.717) is 5.95 Å². The summed E-state index contributed by atoms with van der Waals surface area (Å²) in [6.45, 7) is 4.80. The van der Waals surface area contributed by atoms with E-state index in [0.717, 1.165) is 77.5 Å². The second-order valence-electron chi connectivity index (χ2n) is 17.7. The van der Waals surface area contributed by atoms with E-state index in [2.05, 4.69) is 205 Å². The summed E-state index contributed by atoms with van der Waals surface area (Å²) in [5.74, 6) is 0.641. The van der Waals surface area contributed by atoms with Gasteiger partial charge in [0.15, 0.2) is 0 Å². The minimum Gasteiger partial charge on any atom is -0.456 e. The van der Waals surface area contributed by atoms with Crippen LogP contribution in [-0.2, 0) is 5.41 Å². The van der Waals surface area contributed by atoms with E-state index in [9.17, 15) is 0 Å². The van der Waals surface area contributed by atoms with Crippen molar-refractivity contribution in [2.24, 2.45) is 0 Å². The van der Waals surface area contributed by atoms with Gasteiger partial charge in [0.05, 0.1) is 33.3 Å². The molecule has 1 aliphatic carbocycles. The third kappa shape index (κ3) is 4.73. The van der Waals surface area contributed by atoms with Gasteiger partial charge in [-0.1, -0.05) is 153 Å². The van der Waals surface area contributed by atoms with E-state index in [1.165, 1.54) is 49.3 Å². The van der Waals surface area contributed by atoms with Crippen molar-refractivity contribution in [1.82, 2.24) is 19.1 Å². The molecule has 4 aromatic heterocycles. The van der Waals surface area contributed by atoms with E-state index in [4.69, 9.17) is 14.4 Å². The summed E-state index contributed by atoms with van der Waals surface area (Å²) in [5, 5.41) is 8.05. The molecule has 0 atom stereocenters. The molecule has 14 rings (SSSR count). The molecule has 0 spiro atoms. The average Bonchev–Trinajstić information content (AvgIpc) is 4.06. The van der Waals surface area contributed by atoms with Crippen LogP contribution in [0.25, 0.3) is 122 Å². The second-order valence-corrected chi connectivity index (χ2v) is 17.7. The Labute approximate surface area is 368 Å². The van der Waals surface area contributed by atoms with Crippen molar-refractivity contribution in [2.45, 2.75) is 19.3 Å². The van der Waals surface area contributed by atoms with Crippen molar-refractivity contribution in [1.29, 1.82) is 0 Å². The highest BCUT2D eigenvalue weighted by Gasteiger charge is 2.41. The summed E-state index contributed by atoms with van der Waals surface area (Å²) >= 11 is 0. The summed E-state index contributed by atoms with van der Waals surface area (Å²) in [7, 11) is 0. The molecular weight excluding hydrogens is 781 g/mol. The first kappa shape index (κ1) is 35.3. The quantitative estimate of drug-likeness (QED) is 0.178. The van der Waals surface area contributed by atoms with Gasteiger partial charge in [-0.25, -0.2) is 9.97 Å². The van der Waals surface area contributed by atoms with Crippen LogP contribution in [0.2, 0.25) is 0 Å². The van der Waals surface area contributed by atoms with Crippen LogP contribution < -0.4 is 0 Å². The van der Waals surface area contributed by atoms with E-state index in [1.54, 1.807) is 0 Å². The molecular formula is C59H38N4O. The average molecular weight is 819 g/mol. The van der Waals surface area contributed by atoms with Gasteiger partial charge < -0.3 is 8.98 Å². The smallest absolute Gasteiger partial charge is 0.235 e. The SMILES string of the molecule is CC1(C)c2ccccc2-c2c1c1c3ccccc3n(-c3nc(-c4cccc(-c5ccc6oc7ccccc7c6c5)c4)c4ccccc4n3)c1c1c3ccccc3n(-c3ccccc3)c21. The molecule has 0 N–H and O–H groups in total. The van der Waals surface area contributed by atoms with E-state index in [1.807, 2.05) is 12.1 Å². The lowest BCUT2D eigenvalue weighted by Gasteiger charge is -2.23. The molecule has 0 radical (unpaired) electrons. The van der Waals surface area contributed by atoms with Gasteiger partial charge in [-0.2, -0.15) is 0 Å². The van der Waals surface area contributed by atoms with Crippen LogP contribution in [0.5, 0.6) is 0 Å². The molecule has 0 saturated heterocycles. The standard InChI is InChI=1S/C59H38N4O/c1-59(2)45-26-11-6-22-40(45)51-54(59)52-42-24-8-14-29-48(42)63(57(52)53-43-25-9-13-28-47(43)62(56(51)53)38-19-4-3-5-20-38)58-60-46-27-12-7-23-41(46)55(61-58)37-18-16-17-35(33-37)36-31-32-50-44(34-36)39-21-10-15-30-49(39)64-50/h3-34H,1-2H3. The minimum atomic E-state index is -0.299. The maximum absolute atomic E-state index is 6.20. The highest BCUT2D eigenvalue weighted by Crippen LogP contribution is 2.58. The number of nitrogens with zero attached hydrogens (tertiary/aromatic N) is 4. The monoisotopic (exact) mass is 818 g/mol. The van der Waals surface area contributed by atoms with Gasteiger partial charge in [-0.3, -0.25) is 4.57 Å². The van der Waals surface area contributed by atoms with Gasteiger partial charge in [-0.05, 0) is 82.4 Å². The Morgan fingerprint density at radius 3 is 1.94 bits per heavy atom. The topological polar surface area (TPSA) is 48.8 Å². The van der Waals surface area contributed by atoms with Crippen LogP contribution in [0.3, 0.4) is 0 Å². The van der Waals surface area contributed by atoms with Crippen LogP contribution in [-0.4, -0.2) is 19.1 Å². The molecule has 9 aromatic carbocycles. The Hall–Kier alpha value is -8.28. The molecule has 300 valence electrons. The first-order valence-electron chi connectivity index (χ1n) is 22.0. The third-order valence-electron chi connectivity index (χ3n) is 13.9. The predicted molar refractivity (Wildman–Crippen MR) is 264 cm³/mol. The molecule has 64 heavy (non-hydrogen) atoms. The molecule has 0 fully saturated rings. The van der Waals surface area contributed by atoms with Crippen molar-refractivity contribution in [3.8, 4) is 45.1 Å². The zero-order valence-electron chi connectivity index (χ0n) is 35.2. The van der Waals surface area contributed by atoms with Gasteiger partial charge in [0.1, 0.15) is 11.2 Å². The molecule has 5 heteroatoms. The first-order valence-corrected chi connectivity index (χ1v) is 22.0. The Morgan fingerprint density at radius 1 is 0.453 bits per heavy atom. The van der Waals surface area contributed by atoms with Crippen molar-refractivity contribution in [3.05, 3.63) is 205 Å². The minimum absolute atomic E-state index is 0.299. The van der Waals surface area contributed by atoms with Gasteiger partial charge in [-0.15, -0.1) is 0 Å². The first-order chi connectivity index (χ1) is 31.5. The zero-order valence-corrected chi connectivity index (χ0v) is 35.2. The predicted octanol–water partition coefficient (Wildman–Crippen LogP) is 15.4. The fourth-order valence-electron chi connectivity index (χ4n) is 11.1. The van der Waals surface area contributed by atoms with Crippen LogP contribution in [0, 0.1) is 0 Å². The van der Waals surface area contributed by atoms with Crippen molar-refractivity contribution >= 4 is 76.5 Å². The highest BCUT2D eigenvalue weighted by atomic mass is 16.3. The Bertz CT molecular complexity index is 4110. The number of furan rings is 1. The molecule has 1 aliphatic rings. The number of rotatable bonds is 4. The fraction of sp³-hybridized carbons (Fsp3) is 0.0508. The van der Waals surface area contributed by atoms with Crippen molar-refractivity contribution < 1.29 is 4.42 Å². The molecule has 13 aromatic rings. The Balaban J connectivity index is 1.10. The van der Waals surface area contributed by atoms with Crippen molar-refractivity contribution in [2.75, 3.05) is 0 Å². The largest absolute Gasteiger partial charge is 0.456 e. The van der Waals surface area contributed by atoms with Crippen LogP contribution in [0.15, 0.2) is 199 Å². The summed E-state index contributed by atoms with van der Waals surface area (Å²) in [5.41, 5.74) is 17.5. The molecule has 0 bridgehead atoms. The van der Waals surface area contributed by atoms with Crippen LogP contribution in [0.4, 0.5) is 0 Å². The lowest BCUT2D eigenvalue weighted by atomic mass is 9.80. The number of aromatic nitrogens is 4. The zero-order chi connectivity index (χ0) is 42.3. The molecule has 5 nitrogen and oxygen atoms in total. The molecule has 4 heterocycles. The number of benzene rings is 9. The second kappa shape index (κ2) is 12.9. The van der Waals surface area contributed by atoms with Gasteiger partial charge in [0.25, 0.3) is 0 Å². The molecule has 0 aliphatic heterocycles. The number of hydrogen-bond acceptors (Lipinski definition) is 3. The van der Waals surface area contributed by atoms with Crippen LogP contribution in [0.1, 0.15) is 25.0 Å². The fourth-order valence-corrected chi connectivity index (χ4v) is 11.1. The van der Waals surface area contributed by atoms with E-state index in [-0.39, 0.29) is 5.41 Å².